The van der Waals surface area contributed by atoms with Crippen LogP contribution < -0.4 is 21.2 Å². The maximum absolute atomic E-state index is 14.2. The average molecular weight is 591 g/mol. The fourth-order valence-electron chi connectivity index (χ4n) is 7.42. The Kier molecular flexibility index (Phi) is 5.08. The van der Waals surface area contributed by atoms with Crippen LogP contribution in [0.15, 0.2) is 141 Å². The number of allylic oxidation sites excluding steroid dienone is 8. The van der Waals surface area contributed by atoms with E-state index in [-0.39, 0.29) is 11.8 Å². The smallest absolute Gasteiger partial charge is 0.207 e. The predicted octanol–water partition coefficient (Wildman–Crippen LogP) is 3.99. The van der Waals surface area contributed by atoms with E-state index in [1.54, 1.807) is 36.9 Å². The largest absolute Gasteiger partial charge is 0.262 e. The Morgan fingerprint density at radius 3 is 1.61 bits per heavy atom. The minimum absolute atomic E-state index is 0.0476. The van der Waals surface area contributed by atoms with Gasteiger partial charge in [0.25, 0.3) is 0 Å². The van der Waals surface area contributed by atoms with Gasteiger partial charge in [-0.15, -0.1) is 0 Å². The molecule has 0 bridgehead atoms. The quantitative estimate of drug-likeness (QED) is 0.354. The van der Waals surface area contributed by atoms with Gasteiger partial charge in [0.15, 0.2) is 0 Å². The van der Waals surface area contributed by atoms with Crippen LogP contribution in [0.5, 0.6) is 0 Å². The normalized spacial score (nSPS) is 22.3. The summed E-state index contributed by atoms with van der Waals surface area (Å²) in [7, 11) is -3.73. The van der Waals surface area contributed by atoms with E-state index in [2.05, 4.69) is 48.1 Å². The van der Waals surface area contributed by atoms with Crippen LogP contribution in [-0.4, -0.2) is 18.4 Å². The van der Waals surface area contributed by atoms with Crippen molar-refractivity contribution in [1.29, 1.82) is 0 Å². The highest BCUT2D eigenvalue weighted by atomic mass is 32.2. The Morgan fingerprint density at radius 2 is 1.14 bits per heavy atom. The van der Waals surface area contributed by atoms with Gasteiger partial charge in [-0.05, 0) is 69.8 Å². The molecule has 2 aromatic heterocycles. The first-order valence-electron chi connectivity index (χ1n) is 14.7. The summed E-state index contributed by atoms with van der Waals surface area (Å²) in [6.45, 7) is 4.27. The molecule has 44 heavy (non-hydrogen) atoms. The highest BCUT2D eigenvalue weighted by Gasteiger charge is 2.42. The van der Waals surface area contributed by atoms with E-state index < -0.39 is 15.3 Å². The zero-order valence-corrected chi connectivity index (χ0v) is 24.9. The van der Waals surface area contributed by atoms with E-state index in [0.717, 1.165) is 65.9 Å². The molecule has 2 atom stereocenters. The van der Waals surface area contributed by atoms with Gasteiger partial charge in [-0.1, -0.05) is 62.4 Å². The van der Waals surface area contributed by atoms with Crippen LogP contribution in [0, 0.1) is 0 Å². The molecule has 9 rings (SSSR count). The molecule has 5 heterocycles. The van der Waals surface area contributed by atoms with Crippen molar-refractivity contribution >= 4 is 21.0 Å². The fraction of sp³-hybridized carbons (Fsp3) is 0.135. The average Bonchev–Trinajstić information content (AvgIpc) is 3.62. The summed E-state index contributed by atoms with van der Waals surface area (Å²) in [4.78, 5) is 18.9. The molecule has 5 aliphatic rings. The number of fused-ring (bicyclic) bond motifs is 6. The van der Waals surface area contributed by atoms with Gasteiger partial charge in [0.05, 0.1) is 44.3 Å². The summed E-state index contributed by atoms with van der Waals surface area (Å²) >= 11 is 0. The first kappa shape index (κ1) is 25.5. The maximum Gasteiger partial charge on any atom is 0.207 e. The topological polar surface area (TPSA) is 84.6 Å². The third kappa shape index (κ3) is 3.38. The molecule has 2 unspecified atom stereocenters. The first-order valence-corrected chi connectivity index (χ1v) is 16.2. The maximum atomic E-state index is 14.2. The molecule has 0 saturated heterocycles. The van der Waals surface area contributed by atoms with Crippen LogP contribution in [0.25, 0.3) is 11.1 Å². The lowest BCUT2D eigenvalue weighted by atomic mass is 9.74. The Hall–Kier alpha value is -5.01. The number of benzene rings is 2. The standard InChI is InChI=1S/C37H26N4O2S/c1-37(2)27-17-21(23-5-3-7-29-35(23)25-13-15-38-19-31(25)40-29)9-11-33(27)44(42,43)34-12-10-22(18-28(34)37)24-6-4-8-30-36(24)26-14-16-39-20-32(26)41-30/h3-20,23-24H,1-2H3. The van der Waals surface area contributed by atoms with Crippen molar-refractivity contribution < 1.29 is 8.42 Å². The third-order valence-corrected chi connectivity index (χ3v) is 11.5. The van der Waals surface area contributed by atoms with Crippen molar-refractivity contribution in [1.82, 2.24) is 9.97 Å². The minimum Gasteiger partial charge on any atom is -0.262 e. The number of nitrogens with zero attached hydrogens (tertiary/aromatic N) is 4. The molecule has 2 aromatic carbocycles. The molecular formula is C37H26N4O2S. The molecule has 0 amide bonds. The summed E-state index contributed by atoms with van der Waals surface area (Å²) in [6.07, 6.45) is 19.6. The van der Waals surface area contributed by atoms with Crippen LogP contribution in [-0.2, 0) is 15.3 Å². The van der Waals surface area contributed by atoms with Crippen LogP contribution in [0.3, 0.4) is 0 Å². The van der Waals surface area contributed by atoms with Gasteiger partial charge in [0, 0.05) is 40.1 Å². The van der Waals surface area contributed by atoms with Crippen molar-refractivity contribution in [2.24, 2.45) is 9.98 Å². The number of hydrogen-bond acceptors (Lipinski definition) is 6. The molecule has 212 valence electrons. The molecule has 6 nitrogen and oxygen atoms in total. The lowest BCUT2D eigenvalue weighted by molar-refractivity contribution is 0.554. The minimum atomic E-state index is -3.73. The van der Waals surface area contributed by atoms with Crippen LogP contribution in [0.1, 0.15) is 47.9 Å². The molecular weight excluding hydrogens is 565 g/mol. The van der Waals surface area contributed by atoms with Crippen LogP contribution in [0.2, 0.25) is 0 Å². The first-order chi connectivity index (χ1) is 21.3. The number of pyridine rings is 2. The Balaban J connectivity index is 1.20. The molecule has 7 heteroatoms. The van der Waals surface area contributed by atoms with Crippen LogP contribution in [0.4, 0.5) is 0 Å². The number of aromatic nitrogens is 2. The van der Waals surface area contributed by atoms with Gasteiger partial charge in [-0.25, -0.2) is 18.4 Å². The van der Waals surface area contributed by atoms with E-state index in [1.807, 2.05) is 48.6 Å². The molecule has 2 aliphatic carbocycles. The molecule has 4 aromatic rings. The van der Waals surface area contributed by atoms with Gasteiger partial charge < -0.3 is 0 Å². The third-order valence-electron chi connectivity index (χ3n) is 9.60. The number of hydrogen-bond donors (Lipinski definition) is 0. The van der Waals surface area contributed by atoms with E-state index in [4.69, 9.17) is 9.98 Å². The Bertz CT molecular complexity index is 2340. The second-order valence-electron chi connectivity index (χ2n) is 12.3. The second kappa shape index (κ2) is 8.77. The molecule has 0 spiro atoms. The van der Waals surface area contributed by atoms with Gasteiger partial charge in [-0.2, -0.15) is 0 Å². The molecule has 0 N–H and O–H groups in total. The number of sulfone groups is 1. The van der Waals surface area contributed by atoms with E-state index >= 15 is 0 Å². The van der Waals surface area contributed by atoms with Crippen molar-refractivity contribution in [3.8, 4) is 0 Å². The highest BCUT2D eigenvalue weighted by molar-refractivity contribution is 7.91. The fourth-order valence-corrected chi connectivity index (χ4v) is 9.36. The summed E-state index contributed by atoms with van der Waals surface area (Å²) in [5, 5.41) is 3.88. The van der Waals surface area contributed by atoms with E-state index in [9.17, 15) is 8.42 Å². The lowest BCUT2D eigenvalue weighted by Gasteiger charge is -2.36. The monoisotopic (exact) mass is 590 g/mol. The van der Waals surface area contributed by atoms with Crippen molar-refractivity contribution in [3.05, 3.63) is 165 Å². The van der Waals surface area contributed by atoms with Crippen molar-refractivity contribution in [3.63, 3.8) is 0 Å². The lowest BCUT2D eigenvalue weighted by Crippen LogP contribution is -2.31. The van der Waals surface area contributed by atoms with E-state index in [0.29, 0.717) is 9.79 Å². The van der Waals surface area contributed by atoms with Gasteiger partial charge in [-0.3, -0.25) is 9.97 Å². The Morgan fingerprint density at radius 1 is 0.659 bits per heavy atom. The molecule has 3 aliphatic heterocycles. The van der Waals surface area contributed by atoms with Crippen molar-refractivity contribution in [2.75, 3.05) is 0 Å². The van der Waals surface area contributed by atoms with Gasteiger partial charge >= 0.3 is 0 Å². The second-order valence-corrected chi connectivity index (χ2v) is 14.2. The molecule has 0 radical (unpaired) electrons. The Labute approximate surface area is 254 Å². The summed E-state index contributed by atoms with van der Waals surface area (Å²) in [5.74, 6) is -0.0952. The van der Waals surface area contributed by atoms with Gasteiger partial charge in [0.1, 0.15) is 0 Å². The zero-order valence-electron chi connectivity index (χ0n) is 24.1. The van der Waals surface area contributed by atoms with Crippen LogP contribution >= 0.6 is 0 Å². The van der Waals surface area contributed by atoms with E-state index in [1.165, 1.54) is 0 Å². The van der Waals surface area contributed by atoms with Crippen molar-refractivity contribution in [2.45, 2.75) is 40.9 Å². The molecule has 0 fully saturated rings. The SMILES string of the molecule is CC1(C)c2cc(C3C=CC=C4N=c5cnccc5=C43)ccc2S(=O)(=O)c2ccc(C3C=CC=C4N=c5cnccc5=C43)cc21. The summed E-state index contributed by atoms with van der Waals surface area (Å²) in [5.41, 5.74) is 7.28. The molecule has 0 saturated carbocycles. The predicted molar refractivity (Wildman–Crippen MR) is 167 cm³/mol. The number of rotatable bonds is 2. The summed E-state index contributed by atoms with van der Waals surface area (Å²) in [6, 6.07) is 15.7. The zero-order chi connectivity index (χ0) is 29.8. The van der Waals surface area contributed by atoms with Gasteiger partial charge in [0.2, 0.25) is 9.84 Å². The highest BCUT2D eigenvalue weighted by Crippen LogP contribution is 2.49. The summed E-state index contributed by atoms with van der Waals surface area (Å²) < 4.78 is 28.3.